The molecule has 1 saturated carbocycles. The number of nitrogens with zero attached hydrogens (tertiary/aromatic N) is 1. The molecule has 4 heteroatoms. The fraction of sp³-hybridized carbons (Fsp3) is 0.941. The summed E-state index contributed by atoms with van der Waals surface area (Å²) in [6, 6.07) is 1.16. The Morgan fingerprint density at radius 3 is 2.62 bits per heavy atom. The van der Waals surface area contributed by atoms with Gasteiger partial charge >= 0.3 is 0 Å². The average Bonchev–Trinajstić information content (AvgIpc) is 2.48. The lowest BCUT2D eigenvalue weighted by molar-refractivity contribution is -0.122. The van der Waals surface area contributed by atoms with Crippen LogP contribution in [-0.2, 0) is 4.79 Å². The van der Waals surface area contributed by atoms with Gasteiger partial charge in [0.1, 0.15) is 0 Å². The largest absolute Gasteiger partial charge is 0.369 e. The van der Waals surface area contributed by atoms with Crippen molar-refractivity contribution in [3.63, 3.8) is 0 Å². The van der Waals surface area contributed by atoms with Crippen LogP contribution in [-0.4, -0.2) is 42.5 Å². The summed E-state index contributed by atoms with van der Waals surface area (Å²) >= 11 is 0. The van der Waals surface area contributed by atoms with Crippen LogP contribution in [0, 0.1) is 11.8 Å². The van der Waals surface area contributed by atoms with Crippen LogP contribution < -0.4 is 11.1 Å². The van der Waals surface area contributed by atoms with Gasteiger partial charge in [0.25, 0.3) is 0 Å². The Balaban J connectivity index is 1.74. The number of hydrogen-bond acceptors (Lipinski definition) is 3. The molecule has 2 rings (SSSR count). The zero-order valence-corrected chi connectivity index (χ0v) is 13.8. The minimum absolute atomic E-state index is 0.107. The third-order valence-electron chi connectivity index (χ3n) is 5.42. The summed E-state index contributed by atoms with van der Waals surface area (Å²) in [4.78, 5) is 13.8. The monoisotopic (exact) mass is 295 g/mol. The van der Waals surface area contributed by atoms with Crippen LogP contribution in [0.2, 0.25) is 0 Å². The van der Waals surface area contributed by atoms with Crippen LogP contribution in [0.3, 0.4) is 0 Å². The maximum absolute atomic E-state index is 11.2. The molecule has 1 saturated heterocycles. The molecule has 0 aromatic heterocycles. The number of likely N-dealkylation sites (tertiary alicyclic amines) is 1. The molecule has 2 unspecified atom stereocenters. The SMILES string of the molecule is CCCN1CCCC(C(C)NC2CCC(C(N)=O)CC2)C1. The van der Waals surface area contributed by atoms with E-state index in [1.54, 1.807) is 0 Å². The molecule has 0 bridgehead atoms. The Hall–Kier alpha value is -0.610. The molecule has 21 heavy (non-hydrogen) atoms. The minimum atomic E-state index is -0.107. The number of primary amides is 1. The molecule has 122 valence electrons. The highest BCUT2D eigenvalue weighted by molar-refractivity contribution is 5.76. The molecule has 2 fully saturated rings. The first kappa shape index (κ1) is 16.8. The molecule has 2 aliphatic rings. The Bertz CT molecular complexity index is 324. The second-order valence-corrected chi connectivity index (χ2v) is 7.11. The number of carbonyl (C=O) groups excluding carboxylic acids is 1. The lowest BCUT2D eigenvalue weighted by Gasteiger charge is -2.38. The van der Waals surface area contributed by atoms with Crippen LogP contribution in [0.25, 0.3) is 0 Å². The summed E-state index contributed by atoms with van der Waals surface area (Å²) in [5, 5.41) is 3.83. The van der Waals surface area contributed by atoms with Crippen molar-refractivity contribution in [2.75, 3.05) is 19.6 Å². The smallest absolute Gasteiger partial charge is 0.220 e. The third-order valence-corrected chi connectivity index (χ3v) is 5.42. The van der Waals surface area contributed by atoms with E-state index in [-0.39, 0.29) is 11.8 Å². The molecule has 1 aliphatic heterocycles. The molecule has 0 spiro atoms. The van der Waals surface area contributed by atoms with E-state index in [9.17, 15) is 4.79 Å². The van der Waals surface area contributed by atoms with Crippen LogP contribution in [0.4, 0.5) is 0 Å². The Morgan fingerprint density at radius 1 is 1.29 bits per heavy atom. The lowest BCUT2D eigenvalue weighted by Crippen LogP contribution is -2.48. The van der Waals surface area contributed by atoms with Gasteiger partial charge in [0.15, 0.2) is 0 Å². The Morgan fingerprint density at radius 2 is 2.00 bits per heavy atom. The first-order chi connectivity index (χ1) is 10.1. The second-order valence-electron chi connectivity index (χ2n) is 7.11. The third kappa shape index (κ3) is 4.96. The molecule has 1 amide bonds. The van der Waals surface area contributed by atoms with E-state index in [1.807, 2.05) is 0 Å². The molecular weight excluding hydrogens is 262 g/mol. The van der Waals surface area contributed by atoms with Crippen molar-refractivity contribution in [1.82, 2.24) is 10.2 Å². The molecule has 4 nitrogen and oxygen atoms in total. The summed E-state index contributed by atoms with van der Waals surface area (Å²) in [5.41, 5.74) is 5.41. The van der Waals surface area contributed by atoms with Gasteiger partial charge in [-0.3, -0.25) is 4.79 Å². The van der Waals surface area contributed by atoms with E-state index in [0.29, 0.717) is 12.1 Å². The maximum Gasteiger partial charge on any atom is 0.220 e. The van der Waals surface area contributed by atoms with Crippen molar-refractivity contribution in [3.05, 3.63) is 0 Å². The number of nitrogens with two attached hydrogens (primary N) is 1. The highest BCUT2D eigenvalue weighted by Gasteiger charge is 2.29. The molecule has 0 aromatic rings. The Kier molecular flexibility index (Phi) is 6.49. The summed E-state index contributed by atoms with van der Waals surface area (Å²) < 4.78 is 0. The molecule has 0 aromatic carbocycles. The predicted molar refractivity (Wildman–Crippen MR) is 87.0 cm³/mol. The van der Waals surface area contributed by atoms with E-state index in [2.05, 4.69) is 24.1 Å². The van der Waals surface area contributed by atoms with Crippen molar-refractivity contribution < 1.29 is 4.79 Å². The fourth-order valence-corrected chi connectivity index (χ4v) is 4.07. The highest BCUT2D eigenvalue weighted by Crippen LogP contribution is 2.26. The van der Waals surface area contributed by atoms with Gasteiger partial charge in [-0.25, -0.2) is 0 Å². The second kappa shape index (κ2) is 8.14. The number of nitrogens with one attached hydrogen (secondary N) is 1. The van der Waals surface area contributed by atoms with E-state index in [0.717, 1.165) is 31.6 Å². The minimum Gasteiger partial charge on any atom is -0.369 e. The predicted octanol–water partition coefficient (Wildman–Crippen LogP) is 2.13. The Labute approximate surface area is 129 Å². The zero-order valence-electron chi connectivity index (χ0n) is 13.8. The number of amides is 1. The molecular formula is C17H33N3O. The zero-order chi connectivity index (χ0) is 15.2. The van der Waals surface area contributed by atoms with Gasteiger partial charge in [0.05, 0.1) is 0 Å². The van der Waals surface area contributed by atoms with Gasteiger partial charge in [0.2, 0.25) is 5.91 Å². The normalized spacial score (nSPS) is 32.8. The van der Waals surface area contributed by atoms with Crippen molar-refractivity contribution in [1.29, 1.82) is 0 Å². The molecule has 1 heterocycles. The van der Waals surface area contributed by atoms with Crippen LogP contribution >= 0.6 is 0 Å². The van der Waals surface area contributed by atoms with Crippen molar-refractivity contribution in [2.45, 2.75) is 70.9 Å². The van der Waals surface area contributed by atoms with Crippen LogP contribution in [0.1, 0.15) is 58.8 Å². The van der Waals surface area contributed by atoms with Gasteiger partial charge < -0.3 is 16.0 Å². The lowest BCUT2D eigenvalue weighted by atomic mass is 9.84. The summed E-state index contributed by atoms with van der Waals surface area (Å²) in [5.74, 6) is 0.788. The number of carbonyl (C=O) groups is 1. The first-order valence-corrected chi connectivity index (χ1v) is 8.87. The summed E-state index contributed by atoms with van der Waals surface area (Å²) in [6.07, 6.45) is 8.08. The van der Waals surface area contributed by atoms with Gasteiger partial charge in [-0.05, 0) is 70.9 Å². The standard InChI is InChI=1S/C17H33N3O/c1-3-10-20-11-4-5-15(12-20)13(2)19-16-8-6-14(7-9-16)17(18)21/h13-16,19H,3-12H2,1-2H3,(H2,18,21). The van der Waals surface area contributed by atoms with Crippen molar-refractivity contribution in [2.24, 2.45) is 17.6 Å². The quantitative estimate of drug-likeness (QED) is 0.789. The number of rotatable bonds is 6. The summed E-state index contributed by atoms with van der Waals surface area (Å²) in [6.45, 7) is 8.38. The molecule has 2 atom stereocenters. The van der Waals surface area contributed by atoms with Crippen molar-refractivity contribution >= 4 is 5.91 Å². The maximum atomic E-state index is 11.2. The summed E-state index contributed by atoms with van der Waals surface area (Å²) in [7, 11) is 0. The molecule has 1 aliphatic carbocycles. The van der Waals surface area contributed by atoms with E-state index >= 15 is 0 Å². The van der Waals surface area contributed by atoms with Gasteiger partial charge in [-0.15, -0.1) is 0 Å². The number of hydrogen-bond donors (Lipinski definition) is 2. The fourth-order valence-electron chi connectivity index (χ4n) is 4.07. The first-order valence-electron chi connectivity index (χ1n) is 8.87. The van der Waals surface area contributed by atoms with Crippen LogP contribution in [0.5, 0.6) is 0 Å². The van der Waals surface area contributed by atoms with Gasteiger partial charge in [-0.2, -0.15) is 0 Å². The molecule has 0 radical (unpaired) electrons. The number of piperidine rings is 1. The van der Waals surface area contributed by atoms with Gasteiger partial charge in [-0.1, -0.05) is 6.92 Å². The highest BCUT2D eigenvalue weighted by atomic mass is 16.1. The van der Waals surface area contributed by atoms with Gasteiger partial charge in [0, 0.05) is 24.5 Å². The van der Waals surface area contributed by atoms with E-state index in [4.69, 9.17) is 5.73 Å². The van der Waals surface area contributed by atoms with E-state index in [1.165, 1.54) is 38.9 Å². The topological polar surface area (TPSA) is 58.4 Å². The van der Waals surface area contributed by atoms with Crippen molar-refractivity contribution in [3.8, 4) is 0 Å². The van der Waals surface area contributed by atoms with Crippen LogP contribution in [0.15, 0.2) is 0 Å². The van der Waals surface area contributed by atoms with E-state index < -0.39 is 0 Å². The average molecular weight is 295 g/mol. The molecule has 3 N–H and O–H groups in total.